The quantitative estimate of drug-likeness (QED) is 0.888. The third-order valence-corrected chi connectivity index (χ3v) is 3.31. The molecule has 0 aliphatic heterocycles. The maximum Gasteiger partial charge on any atom is 0.193 e. The largest absolute Gasteiger partial charge is 0.447 e. The highest BCUT2D eigenvalue weighted by Gasteiger charge is 2.12. The fourth-order valence-corrected chi connectivity index (χ4v) is 2.26. The zero-order chi connectivity index (χ0) is 10.7. The van der Waals surface area contributed by atoms with Gasteiger partial charge in [0, 0.05) is 4.88 Å². The molecule has 0 aliphatic carbocycles. The highest BCUT2D eigenvalue weighted by atomic mass is 35.5. The Balaban J connectivity index is 1.90. The van der Waals surface area contributed by atoms with Gasteiger partial charge in [0.05, 0.1) is 0 Å². The Morgan fingerprint density at radius 1 is 1.40 bits per heavy atom. The first-order valence-electron chi connectivity index (χ1n) is 4.71. The number of thiophene rings is 1. The van der Waals surface area contributed by atoms with Gasteiger partial charge in [-0.1, -0.05) is 6.07 Å². The summed E-state index contributed by atoms with van der Waals surface area (Å²) < 4.78 is 5.13. The van der Waals surface area contributed by atoms with E-state index in [1.807, 2.05) is 11.4 Å². The number of rotatable bonds is 4. The van der Waals surface area contributed by atoms with Crippen LogP contribution in [0.2, 0.25) is 5.22 Å². The summed E-state index contributed by atoms with van der Waals surface area (Å²) in [5.41, 5.74) is 0. The van der Waals surface area contributed by atoms with Crippen molar-refractivity contribution in [3.8, 4) is 0 Å². The van der Waals surface area contributed by atoms with E-state index < -0.39 is 6.10 Å². The summed E-state index contributed by atoms with van der Waals surface area (Å²) in [6.07, 6.45) is 0.946. The molecular weight excluding hydrogens is 232 g/mol. The topological polar surface area (TPSA) is 33.4 Å². The molecule has 1 unspecified atom stereocenters. The van der Waals surface area contributed by atoms with Gasteiger partial charge in [-0.3, -0.25) is 0 Å². The van der Waals surface area contributed by atoms with Gasteiger partial charge in [-0.2, -0.15) is 0 Å². The molecule has 0 aliphatic rings. The number of halogens is 1. The van der Waals surface area contributed by atoms with Gasteiger partial charge in [0.25, 0.3) is 0 Å². The Morgan fingerprint density at radius 3 is 2.87 bits per heavy atom. The van der Waals surface area contributed by atoms with Crippen molar-refractivity contribution in [3.05, 3.63) is 45.5 Å². The Kier molecular flexibility index (Phi) is 3.46. The van der Waals surface area contributed by atoms with Gasteiger partial charge in [0.2, 0.25) is 0 Å². The predicted molar refractivity (Wildman–Crippen MR) is 61.3 cm³/mol. The van der Waals surface area contributed by atoms with E-state index in [2.05, 4.69) is 6.07 Å². The summed E-state index contributed by atoms with van der Waals surface area (Å²) in [5, 5.41) is 12.1. The first-order chi connectivity index (χ1) is 7.25. The summed E-state index contributed by atoms with van der Waals surface area (Å²) in [7, 11) is 0. The lowest BCUT2D eigenvalue weighted by atomic mass is 10.1. The molecule has 0 bridgehead atoms. The number of aliphatic hydroxyl groups is 1. The van der Waals surface area contributed by atoms with Gasteiger partial charge in [0.15, 0.2) is 5.22 Å². The molecule has 15 heavy (non-hydrogen) atoms. The van der Waals surface area contributed by atoms with E-state index in [0.29, 0.717) is 17.4 Å². The highest BCUT2D eigenvalue weighted by Crippen LogP contribution is 2.24. The zero-order valence-corrected chi connectivity index (χ0v) is 9.59. The van der Waals surface area contributed by atoms with E-state index in [1.165, 1.54) is 4.88 Å². The Bertz CT molecular complexity index is 408. The van der Waals surface area contributed by atoms with Crippen molar-refractivity contribution in [1.82, 2.24) is 0 Å². The average Bonchev–Trinajstić information content (AvgIpc) is 2.84. The van der Waals surface area contributed by atoms with Crippen LogP contribution in [-0.2, 0) is 6.42 Å². The van der Waals surface area contributed by atoms with Crippen LogP contribution < -0.4 is 0 Å². The normalized spacial score (nSPS) is 12.9. The monoisotopic (exact) mass is 242 g/mol. The molecule has 2 rings (SSSR count). The van der Waals surface area contributed by atoms with Crippen LogP contribution >= 0.6 is 22.9 Å². The minimum atomic E-state index is -0.570. The van der Waals surface area contributed by atoms with E-state index in [4.69, 9.17) is 16.0 Å². The predicted octanol–water partition coefficient (Wildman–Crippen LogP) is 3.66. The summed E-state index contributed by atoms with van der Waals surface area (Å²) in [6.45, 7) is 0. The number of aryl methyl sites for hydroxylation is 1. The van der Waals surface area contributed by atoms with Crippen molar-refractivity contribution in [3.63, 3.8) is 0 Å². The maximum atomic E-state index is 9.78. The lowest BCUT2D eigenvalue weighted by Crippen LogP contribution is -1.96. The maximum absolute atomic E-state index is 9.78. The molecule has 2 heterocycles. The van der Waals surface area contributed by atoms with Crippen LogP contribution in [0, 0.1) is 0 Å². The summed E-state index contributed by atoms with van der Waals surface area (Å²) in [4.78, 5) is 1.27. The molecule has 2 aromatic rings. The summed E-state index contributed by atoms with van der Waals surface area (Å²) >= 11 is 7.33. The van der Waals surface area contributed by atoms with Gasteiger partial charge in [-0.05, 0) is 48.0 Å². The molecule has 4 heteroatoms. The molecule has 1 atom stereocenters. The van der Waals surface area contributed by atoms with E-state index >= 15 is 0 Å². The molecule has 0 fully saturated rings. The average molecular weight is 243 g/mol. The second kappa shape index (κ2) is 4.84. The van der Waals surface area contributed by atoms with Gasteiger partial charge < -0.3 is 9.52 Å². The van der Waals surface area contributed by atoms with Crippen molar-refractivity contribution in [2.24, 2.45) is 0 Å². The molecule has 0 amide bonds. The van der Waals surface area contributed by atoms with E-state index in [1.54, 1.807) is 23.5 Å². The summed E-state index contributed by atoms with van der Waals surface area (Å²) in [5.74, 6) is 0.538. The molecule has 0 saturated heterocycles. The smallest absolute Gasteiger partial charge is 0.193 e. The van der Waals surface area contributed by atoms with Crippen LogP contribution in [0.4, 0.5) is 0 Å². The fourth-order valence-electron chi connectivity index (χ4n) is 1.38. The van der Waals surface area contributed by atoms with Gasteiger partial charge in [0.1, 0.15) is 11.9 Å². The minimum Gasteiger partial charge on any atom is -0.447 e. The van der Waals surface area contributed by atoms with Crippen LogP contribution in [0.3, 0.4) is 0 Å². The van der Waals surface area contributed by atoms with Crippen molar-refractivity contribution >= 4 is 22.9 Å². The third kappa shape index (κ3) is 2.84. The number of hydrogen-bond acceptors (Lipinski definition) is 3. The number of aliphatic hydroxyl groups excluding tert-OH is 1. The van der Waals surface area contributed by atoms with Crippen LogP contribution in [0.5, 0.6) is 0 Å². The second-order valence-corrected chi connectivity index (χ2v) is 4.68. The lowest BCUT2D eigenvalue weighted by molar-refractivity contribution is 0.141. The van der Waals surface area contributed by atoms with E-state index in [9.17, 15) is 5.11 Å². The zero-order valence-electron chi connectivity index (χ0n) is 8.02. The first kappa shape index (κ1) is 10.7. The molecule has 0 saturated carbocycles. The van der Waals surface area contributed by atoms with E-state index in [0.717, 1.165) is 6.42 Å². The number of furan rings is 1. The first-order valence-corrected chi connectivity index (χ1v) is 5.97. The molecular formula is C11H11ClO2S. The van der Waals surface area contributed by atoms with Crippen molar-refractivity contribution in [2.75, 3.05) is 0 Å². The number of hydrogen-bond donors (Lipinski definition) is 1. The molecule has 1 N–H and O–H groups in total. The standard InChI is InChI=1S/C11H11ClO2S/c12-11-6-5-10(14-11)9(13)4-3-8-2-1-7-15-8/h1-2,5-7,9,13H,3-4H2. The van der Waals surface area contributed by atoms with Crippen LogP contribution in [0.1, 0.15) is 23.2 Å². The molecule has 2 nitrogen and oxygen atoms in total. The molecule has 0 aromatic carbocycles. The SMILES string of the molecule is OC(CCc1cccs1)c1ccc(Cl)o1. The summed E-state index contributed by atoms with van der Waals surface area (Å²) in [6, 6.07) is 7.43. The van der Waals surface area contributed by atoms with Crippen molar-refractivity contribution in [2.45, 2.75) is 18.9 Å². The Labute approximate surface area is 97.1 Å². The molecule has 80 valence electrons. The van der Waals surface area contributed by atoms with Crippen LogP contribution in [0.25, 0.3) is 0 Å². The molecule has 2 aromatic heterocycles. The van der Waals surface area contributed by atoms with E-state index in [-0.39, 0.29) is 0 Å². The van der Waals surface area contributed by atoms with Crippen molar-refractivity contribution < 1.29 is 9.52 Å². The van der Waals surface area contributed by atoms with Gasteiger partial charge in [-0.25, -0.2) is 0 Å². The van der Waals surface area contributed by atoms with Crippen LogP contribution in [0.15, 0.2) is 34.1 Å². The fraction of sp³-hybridized carbons (Fsp3) is 0.273. The highest BCUT2D eigenvalue weighted by molar-refractivity contribution is 7.09. The van der Waals surface area contributed by atoms with Gasteiger partial charge >= 0.3 is 0 Å². The Hall–Kier alpha value is -0.770. The second-order valence-electron chi connectivity index (χ2n) is 3.28. The van der Waals surface area contributed by atoms with Crippen molar-refractivity contribution in [1.29, 1.82) is 0 Å². The third-order valence-electron chi connectivity index (χ3n) is 2.17. The lowest BCUT2D eigenvalue weighted by Gasteiger charge is -2.05. The minimum absolute atomic E-state index is 0.320. The van der Waals surface area contributed by atoms with Gasteiger partial charge in [-0.15, -0.1) is 11.3 Å². The Morgan fingerprint density at radius 2 is 2.27 bits per heavy atom. The van der Waals surface area contributed by atoms with Crippen LogP contribution in [-0.4, -0.2) is 5.11 Å². The molecule has 0 radical (unpaired) electrons. The molecule has 0 spiro atoms.